The Labute approximate surface area is 115 Å². The first-order chi connectivity index (χ1) is 9.28. The summed E-state index contributed by atoms with van der Waals surface area (Å²) in [6.07, 6.45) is -4.80. The van der Waals surface area contributed by atoms with Crippen LogP contribution >= 0.6 is 0 Å². The Morgan fingerprint density at radius 1 is 1.40 bits per heavy atom. The van der Waals surface area contributed by atoms with Crippen LogP contribution in [-0.2, 0) is 9.53 Å². The largest absolute Gasteiger partial charge is 0.397 e. The van der Waals surface area contributed by atoms with Gasteiger partial charge in [0.25, 0.3) is 0 Å². The molecule has 116 valence electrons. The third kappa shape index (κ3) is 2.93. The molecule has 1 aliphatic heterocycles. The SMILES string of the molecule is CCO[C@H]1C[C@@H](O)C12CCN(C(=O)CC(F)(F)F)CC2. The first-order valence-corrected chi connectivity index (χ1v) is 6.92. The Hall–Kier alpha value is -0.820. The van der Waals surface area contributed by atoms with Crippen LogP contribution in [0.25, 0.3) is 0 Å². The molecule has 0 unspecified atom stereocenters. The third-order valence-corrected chi connectivity index (χ3v) is 4.51. The molecule has 2 atom stereocenters. The van der Waals surface area contributed by atoms with Gasteiger partial charge in [-0.05, 0) is 19.8 Å². The zero-order valence-electron chi connectivity index (χ0n) is 11.4. The van der Waals surface area contributed by atoms with Crippen LogP contribution in [0.4, 0.5) is 13.2 Å². The maximum Gasteiger partial charge on any atom is 0.397 e. The average Bonchev–Trinajstić information content (AvgIpc) is 2.37. The molecule has 7 heteroatoms. The molecule has 0 radical (unpaired) electrons. The number of alkyl halides is 3. The van der Waals surface area contributed by atoms with Crippen LogP contribution in [-0.4, -0.2) is 54.0 Å². The van der Waals surface area contributed by atoms with E-state index < -0.39 is 24.6 Å². The molecule has 1 amide bonds. The minimum atomic E-state index is -4.46. The Balaban J connectivity index is 1.90. The zero-order chi connectivity index (χ0) is 15.0. The third-order valence-electron chi connectivity index (χ3n) is 4.51. The van der Waals surface area contributed by atoms with Crippen molar-refractivity contribution in [2.45, 2.75) is 51.0 Å². The molecule has 1 aliphatic carbocycles. The van der Waals surface area contributed by atoms with Crippen LogP contribution in [0, 0.1) is 5.41 Å². The number of piperidine rings is 1. The van der Waals surface area contributed by atoms with Crippen molar-refractivity contribution in [1.29, 1.82) is 0 Å². The number of aliphatic hydroxyl groups excluding tert-OH is 1. The molecule has 0 bridgehead atoms. The smallest absolute Gasteiger partial charge is 0.392 e. The fourth-order valence-electron chi connectivity index (χ4n) is 3.27. The summed E-state index contributed by atoms with van der Waals surface area (Å²) in [4.78, 5) is 12.8. The van der Waals surface area contributed by atoms with Crippen molar-refractivity contribution in [3.63, 3.8) is 0 Å². The standard InChI is InChI=1S/C13H20F3NO3/c1-2-20-10-7-9(18)12(10)3-5-17(6-4-12)11(19)8-13(14,15)16/h9-10,18H,2-8H2,1H3/t9-,10+/m1/s1. The molecule has 1 saturated carbocycles. The summed E-state index contributed by atoms with van der Waals surface area (Å²) in [6, 6.07) is 0. The Kier molecular flexibility index (Phi) is 4.30. The summed E-state index contributed by atoms with van der Waals surface area (Å²) in [7, 11) is 0. The summed E-state index contributed by atoms with van der Waals surface area (Å²) in [5.74, 6) is -0.880. The predicted octanol–water partition coefficient (Wildman–Crippen LogP) is 1.72. The van der Waals surface area contributed by atoms with Gasteiger partial charge in [-0.25, -0.2) is 0 Å². The number of amides is 1. The maximum atomic E-state index is 12.2. The quantitative estimate of drug-likeness (QED) is 0.862. The van der Waals surface area contributed by atoms with E-state index in [0.29, 0.717) is 25.9 Å². The number of hydrogen-bond acceptors (Lipinski definition) is 3. The van der Waals surface area contributed by atoms with Gasteiger partial charge in [-0.15, -0.1) is 0 Å². The first kappa shape index (κ1) is 15.6. The van der Waals surface area contributed by atoms with Crippen LogP contribution in [0.1, 0.15) is 32.6 Å². The van der Waals surface area contributed by atoms with Crippen molar-refractivity contribution >= 4 is 5.91 Å². The molecule has 2 fully saturated rings. The van der Waals surface area contributed by atoms with Gasteiger partial charge in [0.15, 0.2) is 0 Å². The highest BCUT2D eigenvalue weighted by atomic mass is 19.4. The molecule has 0 aromatic heterocycles. The lowest BCUT2D eigenvalue weighted by molar-refractivity contribution is -0.211. The predicted molar refractivity (Wildman–Crippen MR) is 65.0 cm³/mol. The second-order valence-electron chi connectivity index (χ2n) is 5.60. The molecule has 1 spiro atoms. The number of aliphatic hydroxyl groups is 1. The van der Waals surface area contributed by atoms with E-state index >= 15 is 0 Å². The molecule has 1 N–H and O–H groups in total. The fraction of sp³-hybridized carbons (Fsp3) is 0.923. The number of likely N-dealkylation sites (tertiary alicyclic amines) is 1. The first-order valence-electron chi connectivity index (χ1n) is 6.92. The van der Waals surface area contributed by atoms with Crippen molar-refractivity contribution < 1.29 is 27.8 Å². The van der Waals surface area contributed by atoms with Crippen molar-refractivity contribution in [1.82, 2.24) is 4.90 Å². The Bertz CT molecular complexity index is 362. The van der Waals surface area contributed by atoms with Crippen LogP contribution < -0.4 is 0 Å². The van der Waals surface area contributed by atoms with Gasteiger partial charge in [0.2, 0.25) is 5.91 Å². The molecule has 1 saturated heterocycles. The number of rotatable bonds is 3. The number of hydrogen-bond donors (Lipinski definition) is 1. The van der Waals surface area contributed by atoms with Crippen LogP contribution in [0.15, 0.2) is 0 Å². The van der Waals surface area contributed by atoms with Gasteiger partial charge in [0.05, 0.1) is 12.2 Å². The van der Waals surface area contributed by atoms with Crippen molar-refractivity contribution in [2.75, 3.05) is 19.7 Å². The van der Waals surface area contributed by atoms with E-state index in [9.17, 15) is 23.1 Å². The maximum absolute atomic E-state index is 12.2. The Morgan fingerprint density at radius 3 is 2.45 bits per heavy atom. The number of nitrogens with zero attached hydrogens (tertiary/aromatic N) is 1. The second kappa shape index (κ2) is 5.52. The minimum absolute atomic E-state index is 0.0395. The lowest BCUT2D eigenvalue weighted by atomic mass is 9.58. The number of carbonyl (C=O) groups excluding carboxylic acids is 1. The molecule has 4 nitrogen and oxygen atoms in total. The molecule has 1 heterocycles. The molecule has 0 aromatic carbocycles. The van der Waals surface area contributed by atoms with Crippen LogP contribution in [0.2, 0.25) is 0 Å². The van der Waals surface area contributed by atoms with Gasteiger partial charge in [0.1, 0.15) is 6.42 Å². The van der Waals surface area contributed by atoms with Gasteiger partial charge >= 0.3 is 6.18 Å². The number of carbonyl (C=O) groups is 1. The molecule has 20 heavy (non-hydrogen) atoms. The van der Waals surface area contributed by atoms with Gasteiger partial charge in [0, 0.05) is 31.5 Å². The normalized spacial score (nSPS) is 29.4. The van der Waals surface area contributed by atoms with E-state index in [0.717, 1.165) is 0 Å². The highest BCUT2D eigenvalue weighted by Crippen LogP contribution is 2.51. The molecular weight excluding hydrogens is 275 g/mol. The lowest BCUT2D eigenvalue weighted by Gasteiger charge is -2.56. The van der Waals surface area contributed by atoms with E-state index in [1.165, 1.54) is 4.90 Å². The highest BCUT2D eigenvalue weighted by Gasteiger charge is 2.56. The molecule has 2 aliphatic rings. The van der Waals surface area contributed by atoms with E-state index in [1.54, 1.807) is 0 Å². The van der Waals surface area contributed by atoms with Gasteiger partial charge in [-0.2, -0.15) is 13.2 Å². The van der Waals surface area contributed by atoms with Crippen molar-refractivity contribution in [3.05, 3.63) is 0 Å². The van der Waals surface area contributed by atoms with E-state index in [4.69, 9.17) is 4.74 Å². The van der Waals surface area contributed by atoms with E-state index in [1.807, 2.05) is 6.92 Å². The number of halogens is 3. The van der Waals surface area contributed by atoms with Crippen LogP contribution in [0.3, 0.4) is 0 Å². The summed E-state index contributed by atoms with van der Waals surface area (Å²) >= 11 is 0. The Morgan fingerprint density at radius 2 is 2.00 bits per heavy atom. The van der Waals surface area contributed by atoms with E-state index in [-0.39, 0.29) is 24.6 Å². The van der Waals surface area contributed by atoms with Gasteiger partial charge < -0.3 is 14.7 Å². The van der Waals surface area contributed by atoms with Gasteiger partial charge in [-0.3, -0.25) is 4.79 Å². The number of ether oxygens (including phenoxy) is 1. The molecule has 0 aromatic rings. The van der Waals surface area contributed by atoms with Gasteiger partial charge in [-0.1, -0.05) is 0 Å². The van der Waals surface area contributed by atoms with E-state index in [2.05, 4.69) is 0 Å². The summed E-state index contributed by atoms with van der Waals surface area (Å²) in [5, 5.41) is 9.97. The summed E-state index contributed by atoms with van der Waals surface area (Å²) in [6.45, 7) is 2.95. The topological polar surface area (TPSA) is 49.8 Å². The lowest BCUT2D eigenvalue weighted by Crippen LogP contribution is -2.62. The van der Waals surface area contributed by atoms with Crippen molar-refractivity contribution in [2.24, 2.45) is 5.41 Å². The zero-order valence-corrected chi connectivity index (χ0v) is 11.4. The summed E-state index contributed by atoms with van der Waals surface area (Å²) < 4.78 is 42.2. The second-order valence-corrected chi connectivity index (χ2v) is 5.60. The highest BCUT2D eigenvalue weighted by molar-refractivity contribution is 5.77. The fourth-order valence-corrected chi connectivity index (χ4v) is 3.27. The molecule has 2 rings (SSSR count). The van der Waals surface area contributed by atoms with Crippen LogP contribution in [0.5, 0.6) is 0 Å². The average molecular weight is 295 g/mol. The minimum Gasteiger partial charge on any atom is -0.392 e. The summed E-state index contributed by atoms with van der Waals surface area (Å²) in [5.41, 5.74) is -0.370. The van der Waals surface area contributed by atoms with Crippen molar-refractivity contribution in [3.8, 4) is 0 Å². The monoisotopic (exact) mass is 295 g/mol. The molecular formula is C13H20F3NO3.